The van der Waals surface area contributed by atoms with Crippen LogP contribution in [0.3, 0.4) is 0 Å². The normalized spacial score (nSPS) is 22.6. The van der Waals surface area contributed by atoms with Gasteiger partial charge in [0.2, 0.25) is 0 Å². The van der Waals surface area contributed by atoms with E-state index in [9.17, 15) is 27.9 Å². The molecule has 1 aromatic rings. The minimum absolute atomic E-state index is 0.0304. The molecule has 0 bridgehead atoms. The quantitative estimate of drug-likeness (QED) is 0.778. The summed E-state index contributed by atoms with van der Waals surface area (Å²) in [6.07, 6.45) is -2.52. The molecule has 0 radical (unpaired) electrons. The molecular formula is C18H20F3NO5. The summed E-state index contributed by atoms with van der Waals surface area (Å²) in [6, 6.07) is 5.79. The van der Waals surface area contributed by atoms with E-state index in [1.165, 1.54) is 23.1 Å². The standard InChI is InChI=1S/C18H20F3NO5/c19-18(20,21)10-27-15-4-2-1-3-14(15)26-9-16(23)22-7-12(11-5-6-11)13(8-22)17(24)25/h1-4,11-13H,5-10H2,(H,24,25)/t12-,13+/m1/s1. The lowest BCUT2D eigenvalue weighted by atomic mass is 9.92. The van der Waals surface area contributed by atoms with Crippen LogP contribution in [-0.4, -0.2) is 54.4 Å². The van der Waals surface area contributed by atoms with Crippen LogP contribution < -0.4 is 9.47 Å². The molecule has 0 aromatic heterocycles. The van der Waals surface area contributed by atoms with Gasteiger partial charge in [-0.3, -0.25) is 9.59 Å². The number of rotatable bonds is 7. The number of likely N-dealkylation sites (tertiary alicyclic amines) is 1. The Bertz CT molecular complexity index is 704. The molecule has 1 aliphatic heterocycles. The number of alkyl halides is 3. The SMILES string of the molecule is O=C(O)[C@H]1CN(C(=O)COc2ccccc2OCC(F)(F)F)C[C@@H]1C1CC1. The highest BCUT2D eigenvalue weighted by atomic mass is 19.4. The first-order valence-corrected chi connectivity index (χ1v) is 8.66. The van der Waals surface area contributed by atoms with Gasteiger partial charge in [-0.15, -0.1) is 0 Å². The summed E-state index contributed by atoms with van der Waals surface area (Å²) < 4.78 is 47.0. The van der Waals surface area contributed by atoms with Crippen molar-refractivity contribution in [1.82, 2.24) is 4.90 Å². The zero-order valence-corrected chi connectivity index (χ0v) is 14.4. The summed E-state index contributed by atoms with van der Waals surface area (Å²) in [5.74, 6) is -1.66. The number of carbonyl (C=O) groups is 2. The molecule has 2 aliphatic rings. The van der Waals surface area contributed by atoms with Crippen molar-refractivity contribution in [3.8, 4) is 11.5 Å². The molecule has 2 fully saturated rings. The monoisotopic (exact) mass is 387 g/mol. The maximum absolute atomic E-state index is 12.4. The highest BCUT2D eigenvalue weighted by Crippen LogP contribution is 2.44. The Labute approximate surface area is 153 Å². The number of carbonyl (C=O) groups excluding carboxylic acids is 1. The van der Waals surface area contributed by atoms with Gasteiger partial charge in [0.25, 0.3) is 5.91 Å². The molecule has 0 spiro atoms. The Morgan fingerprint density at radius 1 is 1.11 bits per heavy atom. The Kier molecular flexibility index (Phi) is 5.48. The van der Waals surface area contributed by atoms with Crippen molar-refractivity contribution in [2.45, 2.75) is 19.0 Å². The fourth-order valence-electron chi connectivity index (χ4n) is 3.37. The van der Waals surface area contributed by atoms with Crippen molar-refractivity contribution in [3.63, 3.8) is 0 Å². The first-order valence-electron chi connectivity index (χ1n) is 8.66. The lowest BCUT2D eigenvalue weighted by Crippen LogP contribution is -2.34. The lowest BCUT2D eigenvalue weighted by molar-refractivity contribution is -0.153. The van der Waals surface area contributed by atoms with Gasteiger partial charge in [0.05, 0.1) is 5.92 Å². The van der Waals surface area contributed by atoms with Gasteiger partial charge in [-0.1, -0.05) is 12.1 Å². The molecule has 3 rings (SSSR count). The van der Waals surface area contributed by atoms with Crippen molar-refractivity contribution in [1.29, 1.82) is 0 Å². The predicted octanol–water partition coefficient (Wildman–Crippen LogP) is 2.58. The number of halogens is 3. The third-order valence-corrected chi connectivity index (χ3v) is 4.85. The van der Waals surface area contributed by atoms with E-state index in [4.69, 9.17) is 9.47 Å². The van der Waals surface area contributed by atoms with Gasteiger partial charge in [-0.2, -0.15) is 13.2 Å². The first-order chi connectivity index (χ1) is 12.7. The minimum atomic E-state index is -4.48. The molecule has 27 heavy (non-hydrogen) atoms. The van der Waals surface area contributed by atoms with Gasteiger partial charge in [0.1, 0.15) is 0 Å². The van der Waals surface area contributed by atoms with Gasteiger partial charge in [-0.25, -0.2) is 0 Å². The summed E-state index contributed by atoms with van der Waals surface area (Å²) in [4.78, 5) is 25.3. The van der Waals surface area contributed by atoms with Gasteiger partial charge in [0.15, 0.2) is 24.7 Å². The van der Waals surface area contributed by atoms with E-state index in [1.807, 2.05) is 0 Å². The van der Waals surface area contributed by atoms with E-state index < -0.39 is 37.2 Å². The van der Waals surface area contributed by atoms with Crippen molar-refractivity contribution in [2.24, 2.45) is 17.8 Å². The largest absolute Gasteiger partial charge is 0.481 e. The molecule has 1 aromatic carbocycles. The van der Waals surface area contributed by atoms with Crippen LogP contribution in [0.15, 0.2) is 24.3 Å². The van der Waals surface area contributed by atoms with Gasteiger partial charge in [-0.05, 0) is 36.8 Å². The second-order valence-electron chi connectivity index (χ2n) is 6.88. The topological polar surface area (TPSA) is 76.1 Å². The fraction of sp³-hybridized carbons (Fsp3) is 0.556. The number of para-hydroxylation sites is 2. The zero-order chi connectivity index (χ0) is 19.6. The molecule has 2 atom stereocenters. The third-order valence-electron chi connectivity index (χ3n) is 4.85. The molecule has 1 amide bonds. The number of aliphatic carboxylic acids is 1. The van der Waals surface area contributed by atoms with E-state index in [-0.39, 0.29) is 24.0 Å². The van der Waals surface area contributed by atoms with Crippen LogP contribution in [0.5, 0.6) is 11.5 Å². The maximum Gasteiger partial charge on any atom is 0.422 e. The molecule has 6 nitrogen and oxygen atoms in total. The number of benzene rings is 1. The molecule has 1 heterocycles. The van der Waals surface area contributed by atoms with Crippen molar-refractivity contribution >= 4 is 11.9 Å². The van der Waals surface area contributed by atoms with E-state index >= 15 is 0 Å². The molecule has 1 aliphatic carbocycles. The number of amides is 1. The number of carboxylic acid groups (broad SMARTS) is 1. The summed E-state index contributed by atoms with van der Waals surface area (Å²) in [5, 5.41) is 9.35. The highest BCUT2D eigenvalue weighted by Gasteiger charge is 2.46. The van der Waals surface area contributed by atoms with Crippen LogP contribution in [0.1, 0.15) is 12.8 Å². The molecule has 1 saturated carbocycles. The Hall–Kier alpha value is -2.45. The smallest absolute Gasteiger partial charge is 0.422 e. The van der Waals surface area contributed by atoms with E-state index in [2.05, 4.69) is 0 Å². The second-order valence-corrected chi connectivity index (χ2v) is 6.88. The van der Waals surface area contributed by atoms with Gasteiger partial charge in [0, 0.05) is 13.1 Å². The van der Waals surface area contributed by atoms with Crippen LogP contribution in [0, 0.1) is 17.8 Å². The number of hydrogen-bond donors (Lipinski definition) is 1. The Morgan fingerprint density at radius 2 is 1.74 bits per heavy atom. The summed E-state index contributed by atoms with van der Waals surface area (Å²) in [6.45, 7) is -1.35. The second kappa shape index (κ2) is 7.66. The lowest BCUT2D eigenvalue weighted by Gasteiger charge is -2.18. The average Bonchev–Trinajstić information content (AvgIpc) is 3.35. The first kappa shape index (κ1) is 19.3. The molecule has 148 valence electrons. The van der Waals surface area contributed by atoms with E-state index in [0.29, 0.717) is 12.5 Å². The summed E-state index contributed by atoms with van der Waals surface area (Å²) >= 11 is 0. The Morgan fingerprint density at radius 3 is 2.30 bits per heavy atom. The molecular weight excluding hydrogens is 367 g/mol. The van der Waals surface area contributed by atoms with Crippen LogP contribution in [-0.2, 0) is 9.59 Å². The summed E-state index contributed by atoms with van der Waals surface area (Å²) in [7, 11) is 0. The fourth-order valence-corrected chi connectivity index (χ4v) is 3.37. The van der Waals surface area contributed by atoms with Crippen LogP contribution in [0.25, 0.3) is 0 Å². The number of ether oxygens (including phenoxy) is 2. The predicted molar refractivity (Wildman–Crippen MR) is 87.4 cm³/mol. The molecule has 0 unspecified atom stereocenters. The summed E-state index contributed by atoms with van der Waals surface area (Å²) in [5.41, 5.74) is 0. The highest BCUT2D eigenvalue weighted by molar-refractivity contribution is 5.80. The van der Waals surface area contributed by atoms with E-state index in [0.717, 1.165) is 12.8 Å². The van der Waals surface area contributed by atoms with Gasteiger partial charge >= 0.3 is 12.1 Å². The maximum atomic E-state index is 12.4. The van der Waals surface area contributed by atoms with Gasteiger partial charge < -0.3 is 19.5 Å². The number of nitrogens with zero attached hydrogens (tertiary/aromatic N) is 1. The number of carboxylic acids is 1. The average molecular weight is 387 g/mol. The molecule has 1 N–H and O–H groups in total. The van der Waals surface area contributed by atoms with Crippen molar-refractivity contribution in [3.05, 3.63) is 24.3 Å². The molecule has 9 heteroatoms. The van der Waals surface area contributed by atoms with E-state index in [1.54, 1.807) is 6.07 Å². The third kappa shape index (κ3) is 5.05. The Balaban J connectivity index is 1.57. The van der Waals surface area contributed by atoms with Crippen LogP contribution in [0.2, 0.25) is 0 Å². The van der Waals surface area contributed by atoms with Crippen LogP contribution in [0.4, 0.5) is 13.2 Å². The number of hydrogen-bond acceptors (Lipinski definition) is 4. The van der Waals surface area contributed by atoms with Crippen LogP contribution >= 0.6 is 0 Å². The molecule has 1 saturated heterocycles. The zero-order valence-electron chi connectivity index (χ0n) is 14.4. The minimum Gasteiger partial charge on any atom is -0.481 e. The van der Waals surface area contributed by atoms with Crippen molar-refractivity contribution in [2.75, 3.05) is 26.3 Å². The van der Waals surface area contributed by atoms with Crippen molar-refractivity contribution < 1.29 is 37.3 Å².